The van der Waals surface area contributed by atoms with Gasteiger partial charge in [0.2, 0.25) is 0 Å². The topological polar surface area (TPSA) is 17.1 Å². The first-order valence-electron chi connectivity index (χ1n) is 4.80. The third-order valence-electron chi connectivity index (χ3n) is 2.71. The van der Waals surface area contributed by atoms with E-state index in [0.717, 1.165) is 11.6 Å². The van der Waals surface area contributed by atoms with Crippen LogP contribution in [0.25, 0.3) is 11.6 Å². The lowest BCUT2D eigenvalue weighted by Gasteiger charge is -2.08. The first kappa shape index (κ1) is 9.21. The van der Waals surface area contributed by atoms with E-state index in [9.17, 15) is 13.6 Å². The summed E-state index contributed by atoms with van der Waals surface area (Å²) >= 11 is 0. The third kappa shape index (κ3) is 1.18. The molecule has 0 aromatic heterocycles. The average molecular weight is 216 g/mol. The van der Waals surface area contributed by atoms with Crippen LogP contribution >= 0.6 is 0 Å². The van der Waals surface area contributed by atoms with Gasteiger partial charge in [0.25, 0.3) is 0 Å². The van der Waals surface area contributed by atoms with Crippen molar-refractivity contribution in [3.8, 4) is 0 Å². The van der Waals surface area contributed by atoms with Gasteiger partial charge in [-0.25, -0.2) is 8.78 Å². The fourth-order valence-electron chi connectivity index (χ4n) is 2.01. The molecule has 2 aliphatic rings. The molecule has 0 radical (unpaired) electrons. The molecule has 1 aromatic rings. The zero-order valence-electron chi connectivity index (χ0n) is 8.13. The van der Waals surface area contributed by atoms with Crippen molar-refractivity contribution in [1.82, 2.24) is 0 Å². The molecule has 0 fully saturated rings. The van der Waals surface area contributed by atoms with Gasteiger partial charge in [0, 0.05) is 11.6 Å². The first-order valence-corrected chi connectivity index (χ1v) is 4.80. The van der Waals surface area contributed by atoms with Crippen LogP contribution in [0.15, 0.2) is 41.8 Å². The molecule has 3 heteroatoms. The molecule has 2 aliphatic carbocycles. The van der Waals surface area contributed by atoms with E-state index in [-0.39, 0.29) is 5.78 Å². The number of hydrogen-bond acceptors (Lipinski definition) is 1. The predicted molar refractivity (Wildman–Crippen MR) is 56.6 cm³/mol. The summed E-state index contributed by atoms with van der Waals surface area (Å²) in [6.45, 7) is 0. The van der Waals surface area contributed by atoms with E-state index >= 15 is 0 Å². The van der Waals surface area contributed by atoms with Crippen molar-refractivity contribution < 1.29 is 13.6 Å². The fourth-order valence-corrected chi connectivity index (χ4v) is 2.01. The second kappa shape index (κ2) is 2.98. The molecule has 1 aromatic carbocycles. The molecule has 0 N–H and O–H groups in total. The van der Waals surface area contributed by atoms with Crippen molar-refractivity contribution >= 4 is 17.4 Å². The van der Waals surface area contributed by atoms with Gasteiger partial charge < -0.3 is 0 Å². The van der Waals surface area contributed by atoms with E-state index in [4.69, 9.17) is 0 Å². The van der Waals surface area contributed by atoms with Crippen molar-refractivity contribution in [3.05, 3.63) is 58.7 Å². The molecule has 78 valence electrons. The Kier molecular flexibility index (Phi) is 1.72. The van der Waals surface area contributed by atoms with Crippen LogP contribution in [0.4, 0.5) is 8.78 Å². The molecule has 0 unspecified atom stereocenters. The van der Waals surface area contributed by atoms with Gasteiger partial charge in [0.15, 0.2) is 5.78 Å². The molecule has 3 rings (SSSR count). The predicted octanol–water partition coefficient (Wildman–Crippen LogP) is 3.04. The standard InChI is InChI=1S/C13H6F2O/c14-8-2-1-7-3-12-11(10(7)4-8)5-9(15)6-13(12)16/h1-6H. The normalized spacial score (nSPS) is 17.4. The minimum Gasteiger partial charge on any atom is -0.289 e. The lowest BCUT2D eigenvalue weighted by Crippen LogP contribution is -2.03. The van der Waals surface area contributed by atoms with Crippen molar-refractivity contribution in [2.24, 2.45) is 0 Å². The van der Waals surface area contributed by atoms with Gasteiger partial charge in [-0.3, -0.25) is 4.79 Å². The summed E-state index contributed by atoms with van der Waals surface area (Å²) in [5, 5.41) is 0. The van der Waals surface area contributed by atoms with Gasteiger partial charge in [-0.15, -0.1) is 0 Å². The number of fused-ring (bicyclic) bond motifs is 3. The number of allylic oxidation sites excluding steroid dienone is 5. The Labute approximate surface area is 90.4 Å². The highest BCUT2D eigenvalue weighted by Crippen LogP contribution is 2.39. The Morgan fingerprint density at radius 1 is 0.938 bits per heavy atom. The maximum absolute atomic E-state index is 13.1. The second-order valence-corrected chi connectivity index (χ2v) is 3.74. The van der Waals surface area contributed by atoms with Crippen LogP contribution in [0, 0.1) is 5.82 Å². The number of benzene rings is 1. The van der Waals surface area contributed by atoms with Gasteiger partial charge in [0.1, 0.15) is 11.6 Å². The molecule has 0 saturated carbocycles. The van der Waals surface area contributed by atoms with E-state index in [1.54, 1.807) is 12.1 Å². The van der Waals surface area contributed by atoms with Crippen LogP contribution in [0.2, 0.25) is 0 Å². The Balaban J connectivity index is 2.26. The second-order valence-electron chi connectivity index (χ2n) is 3.74. The van der Waals surface area contributed by atoms with E-state index in [2.05, 4.69) is 0 Å². The zero-order chi connectivity index (χ0) is 11.3. The van der Waals surface area contributed by atoms with E-state index in [1.165, 1.54) is 18.2 Å². The maximum atomic E-state index is 13.1. The summed E-state index contributed by atoms with van der Waals surface area (Å²) in [7, 11) is 0. The minimum atomic E-state index is -0.589. The number of ketones is 1. The Hall–Kier alpha value is -2.03. The first-order chi connectivity index (χ1) is 7.65. The van der Waals surface area contributed by atoms with E-state index in [1.807, 2.05) is 0 Å². The molecule has 0 atom stereocenters. The van der Waals surface area contributed by atoms with Crippen molar-refractivity contribution in [2.75, 3.05) is 0 Å². The third-order valence-corrected chi connectivity index (χ3v) is 2.71. The minimum absolute atomic E-state index is 0.369. The van der Waals surface area contributed by atoms with Gasteiger partial charge in [-0.05, 0) is 41.0 Å². The van der Waals surface area contributed by atoms with Crippen LogP contribution < -0.4 is 0 Å². The molecular weight excluding hydrogens is 210 g/mol. The summed E-state index contributed by atoms with van der Waals surface area (Å²) in [5.41, 5.74) is 2.23. The summed E-state index contributed by atoms with van der Waals surface area (Å²) < 4.78 is 26.2. The lowest BCUT2D eigenvalue weighted by atomic mass is 9.96. The summed E-state index contributed by atoms with van der Waals surface area (Å²) in [6.07, 6.45) is 3.86. The smallest absolute Gasteiger partial charge is 0.189 e. The maximum Gasteiger partial charge on any atom is 0.189 e. The van der Waals surface area contributed by atoms with Crippen LogP contribution in [-0.4, -0.2) is 5.78 Å². The number of carbonyl (C=O) groups excluding carboxylic acids is 1. The van der Waals surface area contributed by atoms with Gasteiger partial charge in [-0.2, -0.15) is 0 Å². The molecule has 0 amide bonds. The zero-order valence-corrected chi connectivity index (χ0v) is 8.13. The molecule has 0 heterocycles. The quantitative estimate of drug-likeness (QED) is 0.651. The molecule has 0 bridgehead atoms. The van der Waals surface area contributed by atoms with Gasteiger partial charge in [0.05, 0.1) is 0 Å². The van der Waals surface area contributed by atoms with Crippen molar-refractivity contribution in [1.29, 1.82) is 0 Å². The highest BCUT2D eigenvalue weighted by molar-refractivity contribution is 6.23. The SMILES string of the molecule is O=C1C=C(F)C=C2C1=Cc1ccc(F)cc12. The number of carbonyl (C=O) groups is 1. The summed E-state index contributed by atoms with van der Waals surface area (Å²) in [4.78, 5) is 11.5. The number of halogens is 2. The Bertz CT molecular complexity index is 606. The molecule has 0 spiro atoms. The Morgan fingerprint density at radius 2 is 1.75 bits per heavy atom. The molecule has 16 heavy (non-hydrogen) atoms. The fraction of sp³-hybridized carbons (Fsp3) is 0. The van der Waals surface area contributed by atoms with Crippen LogP contribution in [-0.2, 0) is 4.79 Å². The molecule has 0 aliphatic heterocycles. The molecule has 1 nitrogen and oxygen atoms in total. The summed E-state index contributed by atoms with van der Waals surface area (Å²) in [6, 6.07) is 4.22. The van der Waals surface area contributed by atoms with E-state index < -0.39 is 11.6 Å². The largest absolute Gasteiger partial charge is 0.289 e. The lowest BCUT2D eigenvalue weighted by molar-refractivity contribution is -0.111. The summed E-state index contributed by atoms with van der Waals surface area (Å²) in [5.74, 6) is -1.35. The van der Waals surface area contributed by atoms with Crippen LogP contribution in [0.5, 0.6) is 0 Å². The van der Waals surface area contributed by atoms with Gasteiger partial charge in [-0.1, -0.05) is 6.07 Å². The average Bonchev–Trinajstić information content (AvgIpc) is 2.57. The van der Waals surface area contributed by atoms with Crippen molar-refractivity contribution in [2.45, 2.75) is 0 Å². The Morgan fingerprint density at radius 3 is 2.56 bits per heavy atom. The monoisotopic (exact) mass is 216 g/mol. The molecular formula is C13H6F2O. The number of hydrogen-bond donors (Lipinski definition) is 0. The van der Waals surface area contributed by atoms with Crippen LogP contribution in [0.1, 0.15) is 11.1 Å². The highest BCUT2D eigenvalue weighted by Gasteiger charge is 2.26. The highest BCUT2D eigenvalue weighted by atomic mass is 19.1. The van der Waals surface area contributed by atoms with Gasteiger partial charge >= 0.3 is 0 Å². The van der Waals surface area contributed by atoms with Crippen molar-refractivity contribution in [3.63, 3.8) is 0 Å². The van der Waals surface area contributed by atoms with Crippen LogP contribution in [0.3, 0.4) is 0 Å². The molecule has 0 saturated heterocycles. The number of rotatable bonds is 0. The van der Waals surface area contributed by atoms with E-state index in [0.29, 0.717) is 16.7 Å².